The summed E-state index contributed by atoms with van der Waals surface area (Å²) in [7, 11) is 0. The lowest BCUT2D eigenvalue weighted by molar-refractivity contribution is 0.230. The van der Waals surface area contributed by atoms with Gasteiger partial charge in [-0.1, -0.05) is 50.4 Å². The maximum absolute atomic E-state index is 6.41. The number of likely N-dealkylation sites (N-methyl/N-ethyl adjacent to an activating group) is 1. The highest BCUT2D eigenvalue weighted by atomic mass is 35.5. The van der Waals surface area contributed by atoms with Crippen LogP contribution in [0.15, 0.2) is 18.2 Å². The number of hydrogen-bond donors (Lipinski definition) is 1. The quantitative estimate of drug-likeness (QED) is 0.806. The summed E-state index contributed by atoms with van der Waals surface area (Å²) in [5, 5.41) is 4.63. The number of rotatable bonds is 5. The number of nitrogens with one attached hydrogen (secondary N) is 1. The van der Waals surface area contributed by atoms with Crippen LogP contribution < -0.4 is 5.32 Å². The van der Waals surface area contributed by atoms with Crippen molar-refractivity contribution in [3.8, 4) is 0 Å². The minimum atomic E-state index is 0.577. The van der Waals surface area contributed by atoms with E-state index in [1.165, 1.54) is 36.8 Å². The summed E-state index contributed by atoms with van der Waals surface area (Å²) in [5.41, 5.74) is 2.53. The van der Waals surface area contributed by atoms with E-state index in [1.54, 1.807) is 0 Å². The standard InChI is InChI=1S/C18H28ClN/c1-4-20-18(15-8-5-13(2)6-9-15)12-16-10-7-14(3)11-17(16)19/h7,10-11,13,15,18,20H,4-6,8-9,12H2,1-3H3. The summed E-state index contributed by atoms with van der Waals surface area (Å²) in [6.07, 6.45) is 6.55. The van der Waals surface area contributed by atoms with Crippen LogP contribution in [0.25, 0.3) is 0 Å². The summed E-state index contributed by atoms with van der Waals surface area (Å²) in [4.78, 5) is 0. The fourth-order valence-electron chi connectivity index (χ4n) is 3.41. The van der Waals surface area contributed by atoms with Crippen LogP contribution >= 0.6 is 11.6 Å². The van der Waals surface area contributed by atoms with E-state index in [9.17, 15) is 0 Å². The topological polar surface area (TPSA) is 12.0 Å². The van der Waals surface area contributed by atoms with Crippen LogP contribution in [0.2, 0.25) is 5.02 Å². The number of benzene rings is 1. The van der Waals surface area contributed by atoms with Crippen molar-refractivity contribution in [2.24, 2.45) is 11.8 Å². The Morgan fingerprint density at radius 3 is 2.55 bits per heavy atom. The van der Waals surface area contributed by atoms with Gasteiger partial charge in [-0.2, -0.15) is 0 Å². The first-order valence-electron chi connectivity index (χ1n) is 8.08. The van der Waals surface area contributed by atoms with Crippen molar-refractivity contribution in [3.63, 3.8) is 0 Å². The largest absolute Gasteiger partial charge is 0.314 e. The second-order valence-corrected chi connectivity index (χ2v) is 6.89. The second-order valence-electron chi connectivity index (χ2n) is 6.48. The van der Waals surface area contributed by atoms with E-state index >= 15 is 0 Å². The van der Waals surface area contributed by atoms with Gasteiger partial charge in [0, 0.05) is 11.1 Å². The monoisotopic (exact) mass is 293 g/mol. The fraction of sp³-hybridized carbons (Fsp3) is 0.667. The lowest BCUT2D eigenvalue weighted by atomic mass is 9.77. The van der Waals surface area contributed by atoms with Gasteiger partial charge in [-0.3, -0.25) is 0 Å². The van der Waals surface area contributed by atoms with Gasteiger partial charge in [-0.05, 0) is 61.8 Å². The molecule has 1 nitrogen and oxygen atoms in total. The maximum atomic E-state index is 6.41. The summed E-state index contributed by atoms with van der Waals surface area (Å²) in [5.74, 6) is 1.72. The molecular formula is C18H28ClN. The van der Waals surface area contributed by atoms with Crippen molar-refractivity contribution in [1.82, 2.24) is 5.32 Å². The highest BCUT2D eigenvalue weighted by Crippen LogP contribution is 2.32. The second kappa shape index (κ2) is 7.47. The predicted molar refractivity (Wildman–Crippen MR) is 88.5 cm³/mol. The third kappa shape index (κ3) is 4.23. The van der Waals surface area contributed by atoms with Crippen molar-refractivity contribution in [2.45, 2.75) is 58.9 Å². The summed E-state index contributed by atoms with van der Waals surface area (Å²) >= 11 is 6.41. The summed E-state index contributed by atoms with van der Waals surface area (Å²) in [6, 6.07) is 7.04. The average molecular weight is 294 g/mol. The van der Waals surface area contributed by atoms with Crippen LogP contribution in [-0.4, -0.2) is 12.6 Å². The normalized spacial score (nSPS) is 24.6. The van der Waals surface area contributed by atoms with Crippen LogP contribution in [0.4, 0.5) is 0 Å². The first-order valence-corrected chi connectivity index (χ1v) is 8.46. The number of aryl methyl sites for hydroxylation is 1. The molecule has 0 heterocycles. The lowest BCUT2D eigenvalue weighted by Crippen LogP contribution is -2.39. The molecule has 0 bridgehead atoms. The third-order valence-corrected chi connectivity index (χ3v) is 5.10. The minimum Gasteiger partial charge on any atom is -0.314 e. The van der Waals surface area contributed by atoms with E-state index in [-0.39, 0.29) is 0 Å². The Morgan fingerprint density at radius 2 is 1.95 bits per heavy atom. The molecule has 1 aromatic carbocycles. The van der Waals surface area contributed by atoms with Gasteiger partial charge in [0.05, 0.1) is 0 Å². The molecule has 20 heavy (non-hydrogen) atoms. The lowest BCUT2D eigenvalue weighted by Gasteiger charge is -2.33. The molecule has 1 aliphatic carbocycles. The molecule has 0 radical (unpaired) electrons. The van der Waals surface area contributed by atoms with Gasteiger partial charge in [0.1, 0.15) is 0 Å². The zero-order valence-electron chi connectivity index (χ0n) is 13.1. The van der Waals surface area contributed by atoms with E-state index in [0.29, 0.717) is 6.04 Å². The van der Waals surface area contributed by atoms with Gasteiger partial charge in [0.15, 0.2) is 0 Å². The molecule has 2 rings (SSSR count). The van der Waals surface area contributed by atoms with Crippen LogP contribution in [0, 0.1) is 18.8 Å². The van der Waals surface area contributed by atoms with Gasteiger partial charge in [0.25, 0.3) is 0 Å². The van der Waals surface area contributed by atoms with E-state index in [4.69, 9.17) is 11.6 Å². The van der Waals surface area contributed by atoms with Crippen LogP contribution in [0.1, 0.15) is 50.7 Å². The Kier molecular flexibility index (Phi) is 5.92. The Hall–Kier alpha value is -0.530. The van der Waals surface area contributed by atoms with Crippen LogP contribution in [-0.2, 0) is 6.42 Å². The van der Waals surface area contributed by atoms with E-state index in [1.807, 2.05) is 0 Å². The Labute approximate surface area is 129 Å². The molecule has 1 aliphatic rings. The third-order valence-electron chi connectivity index (χ3n) is 4.74. The van der Waals surface area contributed by atoms with Crippen molar-refractivity contribution >= 4 is 11.6 Å². The molecule has 2 heteroatoms. The van der Waals surface area contributed by atoms with Crippen molar-refractivity contribution < 1.29 is 0 Å². The van der Waals surface area contributed by atoms with Gasteiger partial charge in [-0.15, -0.1) is 0 Å². The first-order chi connectivity index (χ1) is 9.60. The maximum Gasteiger partial charge on any atom is 0.0441 e. The molecule has 1 unspecified atom stereocenters. The van der Waals surface area contributed by atoms with Crippen molar-refractivity contribution in [2.75, 3.05) is 6.54 Å². The Morgan fingerprint density at radius 1 is 1.25 bits per heavy atom. The molecule has 0 amide bonds. The average Bonchev–Trinajstić information content (AvgIpc) is 2.42. The van der Waals surface area contributed by atoms with Gasteiger partial charge < -0.3 is 5.32 Å². The molecule has 0 aliphatic heterocycles. The minimum absolute atomic E-state index is 0.577. The Balaban J connectivity index is 2.04. The van der Waals surface area contributed by atoms with Crippen LogP contribution in [0.3, 0.4) is 0 Å². The molecule has 1 saturated carbocycles. The van der Waals surface area contributed by atoms with E-state index in [0.717, 1.165) is 29.8 Å². The zero-order valence-corrected chi connectivity index (χ0v) is 13.8. The molecule has 0 aromatic heterocycles. The molecule has 112 valence electrons. The smallest absolute Gasteiger partial charge is 0.0441 e. The van der Waals surface area contributed by atoms with Gasteiger partial charge >= 0.3 is 0 Å². The molecule has 1 aromatic rings. The molecular weight excluding hydrogens is 266 g/mol. The SMILES string of the molecule is CCNC(Cc1ccc(C)cc1Cl)C1CCC(C)CC1. The van der Waals surface area contributed by atoms with Crippen molar-refractivity contribution in [3.05, 3.63) is 34.3 Å². The molecule has 1 fully saturated rings. The van der Waals surface area contributed by atoms with Gasteiger partial charge in [-0.25, -0.2) is 0 Å². The summed E-state index contributed by atoms with van der Waals surface area (Å²) in [6.45, 7) is 7.73. The fourth-order valence-corrected chi connectivity index (χ4v) is 3.72. The van der Waals surface area contributed by atoms with E-state index < -0.39 is 0 Å². The molecule has 0 saturated heterocycles. The van der Waals surface area contributed by atoms with Gasteiger partial charge in [0.2, 0.25) is 0 Å². The predicted octanol–water partition coefficient (Wildman–Crippen LogP) is 5.00. The van der Waals surface area contributed by atoms with Crippen molar-refractivity contribution in [1.29, 1.82) is 0 Å². The number of hydrogen-bond acceptors (Lipinski definition) is 1. The summed E-state index contributed by atoms with van der Waals surface area (Å²) < 4.78 is 0. The Bertz CT molecular complexity index is 421. The first kappa shape index (κ1) is 15.9. The highest BCUT2D eigenvalue weighted by Gasteiger charge is 2.26. The number of halogens is 1. The zero-order chi connectivity index (χ0) is 14.5. The molecule has 1 atom stereocenters. The highest BCUT2D eigenvalue weighted by molar-refractivity contribution is 6.31. The molecule has 1 N–H and O–H groups in total. The molecule has 0 spiro atoms. The van der Waals surface area contributed by atoms with Crippen LogP contribution in [0.5, 0.6) is 0 Å². The van der Waals surface area contributed by atoms with E-state index in [2.05, 4.69) is 44.3 Å².